The van der Waals surface area contributed by atoms with Crippen LogP contribution >= 0.6 is 11.6 Å². The zero-order chi connectivity index (χ0) is 20.4. The second-order valence-corrected chi connectivity index (χ2v) is 9.10. The Bertz CT molecular complexity index is 927. The summed E-state index contributed by atoms with van der Waals surface area (Å²) in [5.41, 5.74) is 3.62. The molecular formula is C20H25ClN2O3S. The maximum absolute atomic E-state index is 12.8. The van der Waals surface area contributed by atoms with Gasteiger partial charge >= 0.3 is 0 Å². The molecule has 0 saturated heterocycles. The van der Waals surface area contributed by atoms with Crippen molar-refractivity contribution in [2.24, 2.45) is 0 Å². The molecule has 0 aliphatic heterocycles. The zero-order valence-corrected chi connectivity index (χ0v) is 17.7. The van der Waals surface area contributed by atoms with Gasteiger partial charge in [-0.15, -0.1) is 0 Å². The average molecular weight is 409 g/mol. The molecule has 0 unspecified atom stereocenters. The molecule has 0 aromatic heterocycles. The van der Waals surface area contributed by atoms with E-state index in [0.29, 0.717) is 10.7 Å². The molecule has 2 rings (SSSR count). The summed E-state index contributed by atoms with van der Waals surface area (Å²) in [6.07, 6.45) is 1.08. The Kier molecular flexibility index (Phi) is 6.54. The number of aryl methyl sites for hydroxylation is 2. The maximum Gasteiger partial charge on any atom is 0.244 e. The topological polar surface area (TPSA) is 66.5 Å². The van der Waals surface area contributed by atoms with E-state index in [-0.39, 0.29) is 11.9 Å². The lowest BCUT2D eigenvalue weighted by Crippen LogP contribution is -2.48. The Morgan fingerprint density at radius 3 is 2.19 bits per heavy atom. The van der Waals surface area contributed by atoms with Crippen molar-refractivity contribution in [2.45, 2.75) is 39.8 Å². The molecular weight excluding hydrogens is 384 g/mol. The van der Waals surface area contributed by atoms with Gasteiger partial charge in [0.15, 0.2) is 0 Å². The minimum atomic E-state index is -3.66. The van der Waals surface area contributed by atoms with E-state index in [9.17, 15) is 13.2 Å². The molecule has 5 nitrogen and oxygen atoms in total. The number of nitrogens with one attached hydrogen (secondary N) is 1. The van der Waals surface area contributed by atoms with E-state index in [0.717, 1.165) is 27.3 Å². The van der Waals surface area contributed by atoms with Gasteiger partial charge in [-0.25, -0.2) is 8.42 Å². The molecule has 2 aromatic carbocycles. The van der Waals surface area contributed by atoms with Crippen molar-refractivity contribution in [1.29, 1.82) is 0 Å². The predicted molar refractivity (Wildman–Crippen MR) is 111 cm³/mol. The fourth-order valence-corrected chi connectivity index (χ4v) is 4.42. The highest BCUT2D eigenvalue weighted by Gasteiger charge is 2.30. The smallest absolute Gasteiger partial charge is 0.244 e. The van der Waals surface area contributed by atoms with Crippen molar-refractivity contribution >= 4 is 33.2 Å². The monoisotopic (exact) mass is 408 g/mol. The predicted octanol–water partition coefficient (Wildman–Crippen LogP) is 3.99. The summed E-state index contributed by atoms with van der Waals surface area (Å²) in [5.74, 6) is -0.372. The number of hydrogen-bond donors (Lipinski definition) is 1. The van der Waals surface area contributed by atoms with Gasteiger partial charge in [0.1, 0.15) is 6.04 Å². The third kappa shape index (κ3) is 5.23. The van der Waals surface area contributed by atoms with E-state index in [1.165, 1.54) is 0 Å². The van der Waals surface area contributed by atoms with E-state index in [4.69, 9.17) is 11.6 Å². The zero-order valence-electron chi connectivity index (χ0n) is 16.2. The second-order valence-electron chi connectivity index (χ2n) is 6.80. The molecule has 1 amide bonds. The van der Waals surface area contributed by atoms with Crippen molar-refractivity contribution in [3.8, 4) is 0 Å². The number of carbonyl (C=O) groups excluding carboxylic acids is 1. The summed E-state index contributed by atoms with van der Waals surface area (Å²) in [5, 5.41) is 3.41. The number of anilines is 1. The normalized spacial score (nSPS) is 13.7. The lowest BCUT2D eigenvalue weighted by Gasteiger charge is -2.29. The van der Waals surface area contributed by atoms with Gasteiger partial charge in [0, 0.05) is 5.02 Å². The fraction of sp³-hybridized carbons (Fsp3) is 0.350. The number of halogens is 1. The quantitative estimate of drug-likeness (QED) is 0.785. The van der Waals surface area contributed by atoms with E-state index < -0.39 is 16.1 Å². The van der Waals surface area contributed by atoms with Crippen molar-refractivity contribution in [1.82, 2.24) is 5.32 Å². The number of benzene rings is 2. The largest absolute Gasteiger partial charge is 0.348 e. The molecule has 0 heterocycles. The van der Waals surface area contributed by atoms with Gasteiger partial charge in [0.2, 0.25) is 15.9 Å². The molecule has 0 spiro atoms. The summed E-state index contributed by atoms with van der Waals surface area (Å²) in [6.45, 7) is 7.46. The molecule has 0 aliphatic carbocycles. The van der Waals surface area contributed by atoms with E-state index in [1.807, 2.05) is 32.9 Å². The Labute approximate surface area is 166 Å². The highest BCUT2D eigenvalue weighted by Crippen LogP contribution is 2.24. The van der Waals surface area contributed by atoms with Crippen LogP contribution in [0.1, 0.15) is 36.6 Å². The Morgan fingerprint density at radius 1 is 1.07 bits per heavy atom. The lowest BCUT2D eigenvalue weighted by atomic mass is 10.00. The maximum atomic E-state index is 12.8. The van der Waals surface area contributed by atoms with E-state index in [2.05, 4.69) is 11.4 Å². The van der Waals surface area contributed by atoms with Crippen LogP contribution in [0.2, 0.25) is 5.02 Å². The summed E-state index contributed by atoms with van der Waals surface area (Å²) >= 11 is 5.89. The molecule has 0 aliphatic rings. The molecule has 27 heavy (non-hydrogen) atoms. The Balaban J connectivity index is 2.25. The summed E-state index contributed by atoms with van der Waals surface area (Å²) in [4.78, 5) is 12.8. The highest BCUT2D eigenvalue weighted by molar-refractivity contribution is 7.92. The Hall–Kier alpha value is -2.05. The first-order chi connectivity index (χ1) is 12.5. The lowest BCUT2D eigenvalue weighted by molar-refractivity contribution is -0.122. The van der Waals surface area contributed by atoms with Gasteiger partial charge in [-0.05, 0) is 63.1 Å². The molecule has 0 radical (unpaired) electrons. The average Bonchev–Trinajstić information content (AvgIpc) is 2.55. The van der Waals surface area contributed by atoms with Gasteiger partial charge in [-0.3, -0.25) is 9.10 Å². The summed E-state index contributed by atoms with van der Waals surface area (Å²) in [7, 11) is -3.66. The SMILES string of the molecule is Cc1ccc([C@H](C)NC(=O)[C@@H](C)N(c2ccc(Cl)cc2)S(C)(=O)=O)c(C)c1. The van der Waals surface area contributed by atoms with Crippen LogP contribution in [0, 0.1) is 13.8 Å². The minimum absolute atomic E-state index is 0.243. The van der Waals surface area contributed by atoms with Crippen molar-refractivity contribution in [3.63, 3.8) is 0 Å². The molecule has 0 bridgehead atoms. The van der Waals surface area contributed by atoms with Gasteiger partial charge in [-0.1, -0.05) is 35.4 Å². The summed E-state index contributed by atoms with van der Waals surface area (Å²) < 4.78 is 25.8. The van der Waals surface area contributed by atoms with Crippen LogP contribution in [-0.4, -0.2) is 26.6 Å². The third-order valence-electron chi connectivity index (χ3n) is 4.42. The summed E-state index contributed by atoms with van der Waals surface area (Å²) in [6, 6.07) is 11.2. The number of hydrogen-bond acceptors (Lipinski definition) is 3. The van der Waals surface area contributed by atoms with Crippen LogP contribution in [0.3, 0.4) is 0 Å². The van der Waals surface area contributed by atoms with Gasteiger partial charge in [0.05, 0.1) is 18.0 Å². The van der Waals surface area contributed by atoms with E-state index >= 15 is 0 Å². The number of nitrogens with zero attached hydrogens (tertiary/aromatic N) is 1. The highest BCUT2D eigenvalue weighted by atomic mass is 35.5. The number of rotatable bonds is 6. The van der Waals surface area contributed by atoms with Crippen molar-refractivity contribution in [2.75, 3.05) is 10.6 Å². The molecule has 7 heteroatoms. The minimum Gasteiger partial charge on any atom is -0.348 e. The molecule has 2 aromatic rings. The van der Waals surface area contributed by atoms with Gasteiger partial charge < -0.3 is 5.32 Å². The first kappa shape index (κ1) is 21.3. The van der Waals surface area contributed by atoms with E-state index in [1.54, 1.807) is 31.2 Å². The number of carbonyl (C=O) groups is 1. The Morgan fingerprint density at radius 2 is 1.67 bits per heavy atom. The molecule has 0 fully saturated rings. The van der Waals surface area contributed by atoms with Crippen LogP contribution < -0.4 is 9.62 Å². The van der Waals surface area contributed by atoms with Gasteiger partial charge in [-0.2, -0.15) is 0 Å². The van der Waals surface area contributed by atoms with Crippen molar-refractivity contribution in [3.05, 3.63) is 64.2 Å². The first-order valence-corrected chi connectivity index (χ1v) is 10.9. The molecule has 2 atom stereocenters. The standard InChI is InChI=1S/C20H25ClN2O3S/c1-13-6-11-19(14(2)12-13)15(3)22-20(24)16(4)23(27(5,25)26)18-9-7-17(21)8-10-18/h6-12,15-16H,1-5H3,(H,22,24)/t15-,16+/m0/s1. The molecule has 1 N–H and O–H groups in total. The van der Waals surface area contributed by atoms with Crippen molar-refractivity contribution < 1.29 is 13.2 Å². The first-order valence-electron chi connectivity index (χ1n) is 8.63. The van der Waals surface area contributed by atoms with Gasteiger partial charge in [0.25, 0.3) is 0 Å². The third-order valence-corrected chi connectivity index (χ3v) is 5.91. The van der Waals surface area contributed by atoms with Crippen LogP contribution in [0.4, 0.5) is 5.69 Å². The number of sulfonamides is 1. The fourth-order valence-electron chi connectivity index (χ4n) is 3.12. The van der Waals surface area contributed by atoms with Crippen LogP contribution in [0.25, 0.3) is 0 Å². The van der Waals surface area contributed by atoms with Crippen LogP contribution in [-0.2, 0) is 14.8 Å². The number of amides is 1. The van der Waals surface area contributed by atoms with Crippen LogP contribution in [0.5, 0.6) is 0 Å². The van der Waals surface area contributed by atoms with Crippen LogP contribution in [0.15, 0.2) is 42.5 Å². The molecule has 146 valence electrons. The second kappa shape index (κ2) is 8.31. The molecule has 0 saturated carbocycles.